The minimum absolute atomic E-state index is 0.0939. The first kappa shape index (κ1) is 24.8. The molecule has 0 aliphatic rings. The molecule has 0 fully saturated rings. The number of halogens is 1. The van der Waals surface area contributed by atoms with Crippen LogP contribution in [-0.4, -0.2) is 38.1 Å². The molecule has 4 aromatic rings. The SMILES string of the molecule is CCOc1ccc(NC(=O)CSc2nnc(-c3cc(Br)ccc3O)n2-c2ccc(C)cc2C)cc1. The fourth-order valence-corrected chi connectivity index (χ4v) is 4.73. The van der Waals surface area contributed by atoms with Crippen LogP contribution < -0.4 is 10.1 Å². The van der Waals surface area contributed by atoms with E-state index in [1.54, 1.807) is 30.3 Å². The second-order valence-electron chi connectivity index (χ2n) is 7.89. The average molecular weight is 553 g/mol. The van der Waals surface area contributed by atoms with Gasteiger partial charge >= 0.3 is 0 Å². The van der Waals surface area contributed by atoms with E-state index in [1.165, 1.54) is 11.8 Å². The maximum Gasteiger partial charge on any atom is 0.234 e. The molecular formula is C26H25BrN4O3S. The van der Waals surface area contributed by atoms with Crippen molar-refractivity contribution in [2.75, 3.05) is 17.7 Å². The minimum Gasteiger partial charge on any atom is -0.507 e. The summed E-state index contributed by atoms with van der Waals surface area (Å²) in [7, 11) is 0. The Kier molecular flexibility index (Phi) is 7.77. The van der Waals surface area contributed by atoms with Crippen LogP contribution in [0.3, 0.4) is 0 Å². The van der Waals surface area contributed by atoms with Crippen LogP contribution in [0.15, 0.2) is 70.3 Å². The van der Waals surface area contributed by atoms with Gasteiger partial charge in [0.25, 0.3) is 0 Å². The predicted octanol–water partition coefficient (Wildman–Crippen LogP) is 6.15. The van der Waals surface area contributed by atoms with E-state index in [0.29, 0.717) is 28.8 Å². The van der Waals surface area contributed by atoms with Crippen LogP contribution in [0, 0.1) is 13.8 Å². The molecule has 2 N–H and O–H groups in total. The third-order valence-electron chi connectivity index (χ3n) is 5.21. The molecule has 0 unspecified atom stereocenters. The Hall–Kier alpha value is -3.30. The molecule has 1 aromatic heterocycles. The summed E-state index contributed by atoms with van der Waals surface area (Å²) in [6.45, 7) is 6.56. The zero-order valence-electron chi connectivity index (χ0n) is 19.6. The van der Waals surface area contributed by atoms with Gasteiger partial charge in [0.05, 0.1) is 23.6 Å². The Morgan fingerprint density at radius 2 is 1.86 bits per heavy atom. The molecule has 0 saturated carbocycles. The number of phenols is 1. The number of nitrogens with zero attached hydrogens (tertiary/aromatic N) is 3. The van der Waals surface area contributed by atoms with Gasteiger partial charge in [0.1, 0.15) is 11.5 Å². The molecule has 0 bridgehead atoms. The molecule has 0 radical (unpaired) electrons. The van der Waals surface area contributed by atoms with Crippen LogP contribution >= 0.6 is 27.7 Å². The number of ether oxygens (including phenoxy) is 1. The van der Waals surface area contributed by atoms with Gasteiger partial charge in [-0.05, 0) is 74.9 Å². The summed E-state index contributed by atoms with van der Waals surface area (Å²) in [5.74, 6) is 1.31. The molecule has 1 heterocycles. The Morgan fingerprint density at radius 1 is 1.09 bits per heavy atom. The molecule has 0 atom stereocenters. The summed E-state index contributed by atoms with van der Waals surface area (Å²) in [5, 5.41) is 22.7. The zero-order valence-corrected chi connectivity index (χ0v) is 22.0. The number of thioether (sulfide) groups is 1. The summed E-state index contributed by atoms with van der Waals surface area (Å²) in [4.78, 5) is 12.7. The van der Waals surface area contributed by atoms with Gasteiger partial charge in [-0.2, -0.15) is 0 Å². The third-order valence-corrected chi connectivity index (χ3v) is 6.63. The van der Waals surface area contributed by atoms with E-state index in [4.69, 9.17) is 4.74 Å². The van der Waals surface area contributed by atoms with Gasteiger partial charge in [0.15, 0.2) is 11.0 Å². The van der Waals surface area contributed by atoms with E-state index in [9.17, 15) is 9.90 Å². The van der Waals surface area contributed by atoms with Crippen LogP contribution in [-0.2, 0) is 4.79 Å². The molecule has 35 heavy (non-hydrogen) atoms. The molecular weight excluding hydrogens is 528 g/mol. The number of hydrogen-bond acceptors (Lipinski definition) is 6. The molecule has 7 nitrogen and oxygen atoms in total. The molecule has 9 heteroatoms. The molecule has 180 valence electrons. The lowest BCUT2D eigenvalue weighted by atomic mass is 10.1. The highest BCUT2D eigenvalue weighted by atomic mass is 79.9. The maximum absolute atomic E-state index is 12.7. The Labute approximate surface area is 216 Å². The molecule has 1 amide bonds. The normalized spacial score (nSPS) is 10.9. The van der Waals surface area contributed by atoms with E-state index >= 15 is 0 Å². The number of carbonyl (C=O) groups excluding carboxylic acids is 1. The lowest BCUT2D eigenvalue weighted by Crippen LogP contribution is -2.14. The van der Waals surface area contributed by atoms with Crippen molar-refractivity contribution in [2.45, 2.75) is 25.9 Å². The largest absolute Gasteiger partial charge is 0.507 e. The van der Waals surface area contributed by atoms with Gasteiger partial charge in [-0.3, -0.25) is 9.36 Å². The number of anilines is 1. The van der Waals surface area contributed by atoms with Crippen molar-refractivity contribution in [1.29, 1.82) is 0 Å². The second kappa shape index (κ2) is 11.0. The van der Waals surface area contributed by atoms with Gasteiger partial charge in [0.2, 0.25) is 5.91 Å². The molecule has 3 aromatic carbocycles. The average Bonchev–Trinajstić information content (AvgIpc) is 3.24. The highest BCUT2D eigenvalue weighted by molar-refractivity contribution is 9.10. The van der Waals surface area contributed by atoms with E-state index in [1.807, 2.05) is 49.6 Å². The lowest BCUT2D eigenvalue weighted by Gasteiger charge is -2.14. The summed E-state index contributed by atoms with van der Waals surface area (Å²) < 4.78 is 8.13. The summed E-state index contributed by atoms with van der Waals surface area (Å²) in [6, 6.07) is 18.5. The van der Waals surface area contributed by atoms with Crippen molar-refractivity contribution in [3.8, 4) is 28.6 Å². The predicted molar refractivity (Wildman–Crippen MR) is 143 cm³/mol. The van der Waals surface area contributed by atoms with Crippen LogP contribution in [0.5, 0.6) is 11.5 Å². The second-order valence-corrected chi connectivity index (χ2v) is 9.75. The van der Waals surface area contributed by atoms with Crippen molar-refractivity contribution in [3.05, 3.63) is 76.3 Å². The van der Waals surface area contributed by atoms with E-state index in [0.717, 1.165) is 27.0 Å². The van der Waals surface area contributed by atoms with Crippen molar-refractivity contribution in [1.82, 2.24) is 14.8 Å². The van der Waals surface area contributed by atoms with E-state index in [-0.39, 0.29) is 17.4 Å². The fourth-order valence-electron chi connectivity index (χ4n) is 3.63. The van der Waals surface area contributed by atoms with E-state index < -0.39 is 0 Å². The van der Waals surface area contributed by atoms with Crippen molar-refractivity contribution in [3.63, 3.8) is 0 Å². The smallest absolute Gasteiger partial charge is 0.234 e. The molecule has 4 rings (SSSR count). The summed E-state index contributed by atoms with van der Waals surface area (Å²) in [6.07, 6.45) is 0. The number of rotatable bonds is 8. The number of phenolic OH excluding ortho intramolecular Hbond substituents is 1. The number of aromatic nitrogens is 3. The minimum atomic E-state index is -0.166. The Balaban J connectivity index is 1.61. The maximum atomic E-state index is 12.7. The Bertz CT molecular complexity index is 1360. The van der Waals surface area contributed by atoms with E-state index in [2.05, 4.69) is 37.5 Å². The van der Waals surface area contributed by atoms with Crippen molar-refractivity contribution >= 4 is 39.3 Å². The summed E-state index contributed by atoms with van der Waals surface area (Å²) >= 11 is 4.74. The molecule has 0 aliphatic carbocycles. The number of hydrogen-bond donors (Lipinski definition) is 2. The van der Waals surface area contributed by atoms with Gasteiger partial charge in [-0.25, -0.2) is 0 Å². The van der Waals surface area contributed by atoms with Crippen LogP contribution in [0.4, 0.5) is 5.69 Å². The first-order valence-corrected chi connectivity index (χ1v) is 12.8. The van der Waals surface area contributed by atoms with Gasteiger partial charge in [0, 0.05) is 10.2 Å². The van der Waals surface area contributed by atoms with Crippen molar-refractivity contribution in [2.24, 2.45) is 0 Å². The highest BCUT2D eigenvalue weighted by Gasteiger charge is 2.21. The standard InChI is InChI=1S/C26H25BrN4O3S/c1-4-34-20-9-7-19(8-10-20)28-24(33)15-35-26-30-29-25(21-14-18(27)6-12-23(21)32)31(26)22-11-5-16(2)13-17(22)3/h5-14,32H,4,15H2,1-3H3,(H,28,33). The highest BCUT2D eigenvalue weighted by Crippen LogP contribution is 2.35. The van der Waals surface area contributed by atoms with Crippen LogP contribution in [0.25, 0.3) is 17.1 Å². The molecule has 0 saturated heterocycles. The first-order chi connectivity index (χ1) is 16.9. The quantitative estimate of drug-likeness (QED) is 0.255. The topological polar surface area (TPSA) is 89.3 Å². The fraction of sp³-hybridized carbons (Fsp3) is 0.192. The zero-order chi connectivity index (χ0) is 24.9. The molecule has 0 spiro atoms. The number of amides is 1. The third kappa shape index (κ3) is 5.86. The summed E-state index contributed by atoms with van der Waals surface area (Å²) in [5.41, 5.74) is 4.27. The van der Waals surface area contributed by atoms with Gasteiger partial charge in [-0.15, -0.1) is 10.2 Å². The van der Waals surface area contributed by atoms with Gasteiger partial charge in [-0.1, -0.05) is 45.4 Å². The number of benzene rings is 3. The number of nitrogens with one attached hydrogen (secondary N) is 1. The Morgan fingerprint density at radius 3 is 2.57 bits per heavy atom. The number of aromatic hydroxyl groups is 1. The van der Waals surface area contributed by atoms with Gasteiger partial charge < -0.3 is 15.2 Å². The molecule has 0 aliphatic heterocycles. The van der Waals surface area contributed by atoms with Crippen LogP contribution in [0.2, 0.25) is 0 Å². The first-order valence-electron chi connectivity index (χ1n) is 11.0. The number of aryl methyl sites for hydroxylation is 2. The lowest BCUT2D eigenvalue weighted by molar-refractivity contribution is -0.113. The monoisotopic (exact) mass is 552 g/mol. The number of carbonyl (C=O) groups is 1. The van der Waals surface area contributed by atoms with Crippen LogP contribution in [0.1, 0.15) is 18.1 Å². The van der Waals surface area contributed by atoms with Crippen molar-refractivity contribution < 1.29 is 14.6 Å².